The van der Waals surface area contributed by atoms with Crippen molar-refractivity contribution >= 4 is 39.3 Å². The molecule has 84 heavy (non-hydrogen) atoms. The molecule has 0 radical (unpaired) electrons. The topological polar surface area (TPSA) is 304 Å². The normalized spacial score (nSPS) is 32.2. The first-order chi connectivity index (χ1) is 39.1. The maximum Gasteiger partial charge on any atom is 0.180 e. The first kappa shape index (κ1) is 64.5. The molecule has 0 aromatic heterocycles. The quantitative estimate of drug-likeness (QED) is 0.154. The van der Waals surface area contributed by atoms with Crippen molar-refractivity contribution in [2.24, 2.45) is 0 Å². The van der Waals surface area contributed by atoms with Gasteiger partial charge in [0.15, 0.2) is 62.5 Å². The van der Waals surface area contributed by atoms with Gasteiger partial charge in [-0.15, -0.1) is 0 Å². The van der Waals surface area contributed by atoms with E-state index in [9.17, 15) is 54.5 Å². The van der Waals surface area contributed by atoms with Crippen LogP contribution in [0.4, 0.5) is 0 Å². The van der Waals surface area contributed by atoms with Gasteiger partial charge in [0.05, 0.1) is 92.9 Å². The molecule has 8 aliphatic heterocycles. The number of ether oxygens (including phenoxy) is 8. The fourth-order valence-electron chi connectivity index (χ4n) is 11.8. The highest BCUT2D eigenvalue weighted by Gasteiger charge is 2.57. The highest BCUT2D eigenvalue weighted by Crippen LogP contribution is 2.41. The molecule has 24 nitrogen and oxygen atoms in total. The molecule has 0 saturated carbocycles. The maximum absolute atomic E-state index is 12.4. The number of hydrogen-bond acceptors (Lipinski definition) is 24. The summed E-state index contributed by atoms with van der Waals surface area (Å²) in [6, 6.07) is 30.4. The van der Waals surface area contributed by atoms with E-state index in [0.29, 0.717) is 0 Å². The van der Waals surface area contributed by atoms with Crippen molar-refractivity contribution in [3.63, 3.8) is 0 Å². The number of nitrogens with zero attached hydrogens (tertiary/aromatic N) is 4. The summed E-state index contributed by atoms with van der Waals surface area (Å²) in [7, 11) is -14.0. The zero-order valence-electron chi connectivity index (χ0n) is 47.9. The van der Waals surface area contributed by atoms with E-state index in [1.165, 1.54) is 0 Å². The van der Waals surface area contributed by atoms with Crippen LogP contribution >= 0.6 is 0 Å². The Bertz CT molecular complexity index is 2910. The average molecular weight is 1250 g/mol. The SMILES string of the molecule is CC1(C)O[C@@H]2[C@@H](CN(O)[C@H]2CS(=O)(=O)c2ccccc2)O1.CC1(C)O[C@@H]2[C@@H](CN(O)[C@H]2CS(=O)(=O)c2ccccc2)O1.CC1(C)O[C@@H]2[C@@H](CN(O)[C@H]2CS(=O)(=O)c2ccccc2)O1.CC1(C)O[C@@H]2[C@@H](CN(O)[C@H]2CS(=O)(=O)c2ccccc2)O1. The second kappa shape index (κ2) is 24.5. The van der Waals surface area contributed by atoms with Crippen LogP contribution in [-0.2, 0) is 77.2 Å². The van der Waals surface area contributed by atoms with Gasteiger partial charge in [-0.1, -0.05) is 72.8 Å². The average Bonchev–Trinajstić information content (AvgIpc) is 2.21. The lowest BCUT2D eigenvalue weighted by molar-refractivity contribution is -0.195. The van der Waals surface area contributed by atoms with Gasteiger partial charge >= 0.3 is 0 Å². The van der Waals surface area contributed by atoms with Gasteiger partial charge in [-0.2, -0.15) is 20.3 Å². The van der Waals surface area contributed by atoms with Crippen molar-refractivity contribution in [3.05, 3.63) is 121 Å². The monoisotopic (exact) mass is 1250 g/mol. The minimum absolute atomic E-state index is 0.200. The van der Waals surface area contributed by atoms with Crippen LogP contribution in [0.2, 0.25) is 0 Å². The Morgan fingerprint density at radius 3 is 0.655 bits per heavy atom. The lowest BCUT2D eigenvalue weighted by Gasteiger charge is -2.25. The van der Waals surface area contributed by atoms with E-state index in [1.807, 2.05) is 0 Å². The van der Waals surface area contributed by atoms with E-state index in [2.05, 4.69) is 0 Å². The van der Waals surface area contributed by atoms with Gasteiger partial charge in [-0.3, -0.25) is 0 Å². The molecule has 4 aromatic rings. The van der Waals surface area contributed by atoms with Crippen molar-refractivity contribution in [1.82, 2.24) is 20.3 Å². The van der Waals surface area contributed by atoms with Gasteiger partial charge in [0.25, 0.3) is 0 Å². The Kier molecular flexibility index (Phi) is 18.9. The van der Waals surface area contributed by atoms with Crippen LogP contribution in [0, 0.1) is 0 Å². The first-order valence-electron chi connectivity index (χ1n) is 27.5. The molecule has 4 N–H and O–H groups in total. The minimum Gasteiger partial charge on any atom is -0.343 e. The standard InChI is InChI=1S/4C14H19NO5S/c4*1-14(2)19-12-8-15(16)11(13(12)20-14)9-21(17,18)10-6-4-3-5-7-10/h4*3-7,11-13,16H,8-9H2,1-2H3/t4*11-,12+,13-/m0000/s1. The van der Waals surface area contributed by atoms with E-state index in [4.69, 9.17) is 37.9 Å². The number of hydrogen-bond donors (Lipinski definition) is 4. The predicted molar refractivity (Wildman–Crippen MR) is 298 cm³/mol. The Morgan fingerprint density at radius 1 is 0.321 bits per heavy atom. The minimum atomic E-state index is -3.49. The van der Waals surface area contributed by atoms with Crippen LogP contribution < -0.4 is 0 Å². The molecule has 0 spiro atoms. The maximum atomic E-state index is 12.4. The van der Waals surface area contributed by atoms with Gasteiger partial charge in [-0.25, -0.2) is 33.7 Å². The second-order valence-electron chi connectivity index (χ2n) is 23.7. The van der Waals surface area contributed by atoms with Gasteiger partial charge < -0.3 is 58.7 Å². The van der Waals surface area contributed by atoms with E-state index in [1.54, 1.807) is 177 Å². The Labute approximate surface area is 491 Å². The zero-order valence-corrected chi connectivity index (χ0v) is 51.1. The summed E-state index contributed by atoms with van der Waals surface area (Å²) in [6.45, 7) is 15.3. The Balaban J connectivity index is 0.000000134. The number of benzene rings is 4. The molecule has 8 heterocycles. The molecule has 0 amide bonds. The third-order valence-corrected chi connectivity index (χ3v) is 22.5. The number of fused-ring (bicyclic) bond motifs is 4. The molecule has 8 aliphatic rings. The smallest absolute Gasteiger partial charge is 0.180 e. The molecule has 8 fully saturated rings. The summed E-state index contributed by atoms with van der Waals surface area (Å²) in [5.74, 6) is -3.78. The highest BCUT2D eigenvalue weighted by molar-refractivity contribution is 7.92. The summed E-state index contributed by atoms with van der Waals surface area (Å²) in [6.07, 6.45) is -2.98. The molecular weight excluding hydrogens is 1180 g/mol. The van der Waals surface area contributed by atoms with Crippen LogP contribution in [0.5, 0.6) is 0 Å². The molecular formula is C56H76N4O20S4. The fourth-order valence-corrected chi connectivity index (χ4v) is 18.1. The molecule has 0 bridgehead atoms. The zero-order chi connectivity index (χ0) is 61.0. The molecule has 28 heteroatoms. The van der Waals surface area contributed by atoms with Gasteiger partial charge in [0.1, 0.15) is 48.8 Å². The second-order valence-corrected chi connectivity index (χ2v) is 31.8. The largest absolute Gasteiger partial charge is 0.343 e. The summed E-state index contributed by atoms with van der Waals surface area (Å²) < 4.78 is 145. The molecule has 0 unspecified atom stereocenters. The first-order valence-corrected chi connectivity index (χ1v) is 34.1. The third kappa shape index (κ3) is 14.9. The molecule has 464 valence electrons. The van der Waals surface area contributed by atoms with Crippen LogP contribution in [0.1, 0.15) is 55.4 Å². The molecule has 12 atom stereocenters. The Hall–Kier alpha value is -3.96. The van der Waals surface area contributed by atoms with Crippen molar-refractivity contribution in [3.8, 4) is 0 Å². The summed E-state index contributed by atoms with van der Waals surface area (Å²) >= 11 is 0. The van der Waals surface area contributed by atoms with Crippen molar-refractivity contribution in [1.29, 1.82) is 0 Å². The van der Waals surface area contributed by atoms with E-state index in [-0.39, 0.29) is 93.2 Å². The number of sulfone groups is 4. The molecule has 4 aromatic carbocycles. The lowest BCUT2D eigenvalue weighted by atomic mass is 10.2. The van der Waals surface area contributed by atoms with Gasteiger partial charge in [0, 0.05) is 0 Å². The number of hydroxylamine groups is 8. The molecule has 12 rings (SSSR count). The highest BCUT2D eigenvalue weighted by atomic mass is 32.2. The van der Waals surface area contributed by atoms with Crippen molar-refractivity contribution < 1.29 is 92.4 Å². The van der Waals surface area contributed by atoms with Crippen LogP contribution in [0.15, 0.2) is 141 Å². The fraction of sp³-hybridized carbons (Fsp3) is 0.571. The van der Waals surface area contributed by atoms with Crippen LogP contribution in [-0.4, -0.2) is 220 Å². The lowest BCUT2D eigenvalue weighted by Crippen LogP contribution is -2.41. The number of rotatable bonds is 12. The third-order valence-electron chi connectivity index (χ3n) is 15.4. The van der Waals surface area contributed by atoms with Crippen molar-refractivity contribution in [2.75, 3.05) is 49.2 Å². The molecule has 0 aliphatic carbocycles. The van der Waals surface area contributed by atoms with E-state index >= 15 is 0 Å². The van der Waals surface area contributed by atoms with E-state index in [0.717, 1.165) is 20.3 Å². The van der Waals surface area contributed by atoms with Crippen LogP contribution in [0.25, 0.3) is 0 Å². The summed E-state index contributed by atoms with van der Waals surface area (Å²) in [5, 5.41) is 44.0. The van der Waals surface area contributed by atoms with E-state index < -0.39 is 111 Å². The summed E-state index contributed by atoms with van der Waals surface area (Å²) in [5.41, 5.74) is 0. The Morgan fingerprint density at radius 2 is 0.488 bits per heavy atom. The summed E-state index contributed by atoms with van der Waals surface area (Å²) in [4.78, 5) is 1.00. The molecule has 8 saturated heterocycles. The van der Waals surface area contributed by atoms with Gasteiger partial charge in [0.2, 0.25) is 0 Å². The van der Waals surface area contributed by atoms with Gasteiger partial charge in [-0.05, 0) is 104 Å². The van der Waals surface area contributed by atoms with Crippen molar-refractivity contribution in [2.45, 2.75) is 171 Å². The van der Waals surface area contributed by atoms with Crippen LogP contribution in [0.3, 0.4) is 0 Å². The predicted octanol–water partition coefficient (Wildman–Crippen LogP) is 4.22.